The van der Waals surface area contributed by atoms with E-state index in [-0.39, 0.29) is 10.0 Å². The number of nitrogens with zero attached hydrogens (tertiary/aromatic N) is 3. The number of aromatic nitrogens is 3. The van der Waals surface area contributed by atoms with Crippen molar-refractivity contribution in [2.75, 3.05) is 0 Å². The number of halogens is 3. The summed E-state index contributed by atoms with van der Waals surface area (Å²) in [5.41, 5.74) is 0.405. The molecule has 0 aliphatic rings. The SMILES string of the molecule is Cn1ccnc1C(NS(=O)(=O)c1cc(Br)cnc1Cl)c1cccc(F)c1. The van der Waals surface area contributed by atoms with Crippen LogP contribution < -0.4 is 4.72 Å². The molecular formula is C16H13BrClFN4O2S. The summed E-state index contributed by atoms with van der Waals surface area (Å²) in [6, 6.07) is 6.09. The van der Waals surface area contributed by atoms with Crippen LogP contribution in [0.5, 0.6) is 0 Å². The molecule has 0 saturated heterocycles. The molecule has 3 rings (SSSR count). The van der Waals surface area contributed by atoms with E-state index in [1.807, 2.05) is 0 Å². The van der Waals surface area contributed by atoms with Crippen molar-refractivity contribution in [3.05, 3.63) is 75.8 Å². The topological polar surface area (TPSA) is 76.9 Å². The molecule has 0 aliphatic carbocycles. The van der Waals surface area contributed by atoms with Crippen LogP contribution in [0.4, 0.5) is 4.39 Å². The number of sulfonamides is 1. The fourth-order valence-electron chi connectivity index (χ4n) is 2.42. The van der Waals surface area contributed by atoms with Crippen LogP contribution >= 0.6 is 27.5 Å². The lowest BCUT2D eigenvalue weighted by atomic mass is 10.1. The summed E-state index contributed by atoms with van der Waals surface area (Å²) in [5, 5.41) is -0.168. The molecule has 3 aromatic rings. The van der Waals surface area contributed by atoms with Gasteiger partial charge in [-0.1, -0.05) is 23.7 Å². The van der Waals surface area contributed by atoms with Crippen LogP contribution in [0.3, 0.4) is 0 Å². The molecule has 1 atom stereocenters. The maximum atomic E-state index is 13.7. The molecule has 0 saturated carbocycles. The predicted octanol–water partition coefficient (Wildman–Crippen LogP) is 3.44. The molecule has 1 unspecified atom stereocenters. The first-order valence-electron chi connectivity index (χ1n) is 7.34. The zero-order chi connectivity index (χ0) is 18.9. The normalized spacial score (nSPS) is 12.9. The van der Waals surface area contributed by atoms with Crippen LogP contribution in [0, 0.1) is 5.82 Å². The number of hydrogen-bond acceptors (Lipinski definition) is 4. The fourth-order valence-corrected chi connectivity index (χ4v) is 4.55. The van der Waals surface area contributed by atoms with Gasteiger partial charge in [-0.25, -0.2) is 22.8 Å². The third-order valence-electron chi connectivity index (χ3n) is 3.63. The highest BCUT2D eigenvalue weighted by atomic mass is 79.9. The second kappa shape index (κ2) is 7.43. The lowest BCUT2D eigenvalue weighted by Crippen LogP contribution is -2.31. The zero-order valence-electron chi connectivity index (χ0n) is 13.4. The van der Waals surface area contributed by atoms with E-state index in [2.05, 4.69) is 30.6 Å². The van der Waals surface area contributed by atoms with Crippen LogP contribution in [0.1, 0.15) is 17.4 Å². The number of nitrogens with one attached hydrogen (secondary N) is 1. The van der Waals surface area contributed by atoms with Gasteiger partial charge in [-0.3, -0.25) is 0 Å². The summed E-state index contributed by atoms with van der Waals surface area (Å²) in [6.45, 7) is 0. The summed E-state index contributed by atoms with van der Waals surface area (Å²) in [7, 11) is -2.35. The van der Waals surface area contributed by atoms with Crippen molar-refractivity contribution in [1.82, 2.24) is 19.3 Å². The summed E-state index contributed by atoms with van der Waals surface area (Å²) in [6.07, 6.45) is 4.59. The lowest BCUT2D eigenvalue weighted by molar-refractivity contribution is 0.560. The van der Waals surface area contributed by atoms with E-state index in [1.54, 1.807) is 23.9 Å². The first-order valence-corrected chi connectivity index (χ1v) is 9.99. The van der Waals surface area contributed by atoms with Crippen LogP contribution in [0.15, 0.2) is 58.3 Å². The van der Waals surface area contributed by atoms with E-state index < -0.39 is 21.9 Å². The number of imidazole rings is 1. The Bertz CT molecular complexity index is 1060. The summed E-state index contributed by atoms with van der Waals surface area (Å²) in [5.74, 6) is -0.0821. The molecule has 2 heterocycles. The van der Waals surface area contributed by atoms with Crippen LogP contribution in [-0.2, 0) is 17.1 Å². The number of benzene rings is 1. The molecule has 0 spiro atoms. The van der Waals surface area contributed by atoms with Gasteiger partial charge in [0.25, 0.3) is 0 Å². The average molecular weight is 460 g/mol. The number of hydrogen-bond donors (Lipinski definition) is 1. The highest BCUT2D eigenvalue weighted by Crippen LogP contribution is 2.27. The van der Waals surface area contributed by atoms with Crippen molar-refractivity contribution in [2.45, 2.75) is 10.9 Å². The maximum Gasteiger partial charge on any atom is 0.244 e. The predicted molar refractivity (Wildman–Crippen MR) is 98.7 cm³/mol. The van der Waals surface area contributed by atoms with Gasteiger partial charge in [0.05, 0.1) is 0 Å². The largest absolute Gasteiger partial charge is 0.336 e. The Labute approximate surface area is 163 Å². The van der Waals surface area contributed by atoms with Gasteiger partial charge < -0.3 is 4.57 Å². The Hall–Kier alpha value is -1.81. The summed E-state index contributed by atoms with van der Waals surface area (Å²) < 4.78 is 44.1. The second-order valence-electron chi connectivity index (χ2n) is 5.45. The minimum atomic E-state index is -4.07. The highest BCUT2D eigenvalue weighted by molar-refractivity contribution is 9.10. The first-order chi connectivity index (χ1) is 12.3. The van der Waals surface area contributed by atoms with Gasteiger partial charge in [0, 0.05) is 30.1 Å². The highest BCUT2D eigenvalue weighted by Gasteiger charge is 2.28. The number of pyridine rings is 1. The van der Waals surface area contributed by atoms with Crippen LogP contribution in [0.25, 0.3) is 0 Å². The standard InChI is InChI=1S/C16H13BrClFN4O2S/c1-23-6-5-20-16(23)14(10-3-2-4-12(19)7-10)22-26(24,25)13-8-11(17)9-21-15(13)18/h2-9,14,22H,1H3. The van der Waals surface area contributed by atoms with Gasteiger partial charge in [-0.15, -0.1) is 0 Å². The van der Waals surface area contributed by atoms with Gasteiger partial charge >= 0.3 is 0 Å². The number of rotatable bonds is 5. The Morgan fingerprint density at radius 1 is 1.31 bits per heavy atom. The quantitative estimate of drug-likeness (QED) is 0.593. The zero-order valence-corrected chi connectivity index (χ0v) is 16.6. The van der Waals surface area contributed by atoms with E-state index in [0.717, 1.165) is 0 Å². The average Bonchev–Trinajstić information content (AvgIpc) is 3.00. The molecule has 2 aromatic heterocycles. The van der Waals surface area contributed by atoms with Gasteiger partial charge in [0.1, 0.15) is 27.7 Å². The molecule has 0 radical (unpaired) electrons. The van der Waals surface area contributed by atoms with Crippen LogP contribution in [0.2, 0.25) is 5.15 Å². The second-order valence-corrected chi connectivity index (χ2v) is 8.40. The monoisotopic (exact) mass is 458 g/mol. The molecule has 10 heteroatoms. The maximum absolute atomic E-state index is 13.7. The molecule has 26 heavy (non-hydrogen) atoms. The molecule has 136 valence electrons. The van der Waals surface area contributed by atoms with Crippen molar-refractivity contribution in [3.63, 3.8) is 0 Å². The number of aryl methyl sites for hydroxylation is 1. The third-order valence-corrected chi connectivity index (χ3v) is 5.92. The molecule has 0 amide bonds. The van der Waals surface area contributed by atoms with E-state index in [1.165, 1.54) is 36.7 Å². The molecule has 1 aromatic carbocycles. The van der Waals surface area contributed by atoms with Gasteiger partial charge in [-0.2, -0.15) is 4.72 Å². The lowest BCUT2D eigenvalue weighted by Gasteiger charge is -2.19. The Morgan fingerprint density at radius 3 is 2.73 bits per heavy atom. The summed E-state index contributed by atoms with van der Waals surface area (Å²) >= 11 is 9.14. The van der Waals surface area contributed by atoms with Crippen molar-refractivity contribution < 1.29 is 12.8 Å². The van der Waals surface area contributed by atoms with Crippen molar-refractivity contribution in [3.8, 4) is 0 Å². The van der Waals surface area contributed by atoms with E-state index in [9.17, 15) is 12.8 Å². The molecule has 1 N–H and O–H groups in total. The minimum Gasteiger partial charge on any atom is -0.336 e. The van der Waals surface area contributed by atoms with Crippen molar-refractivity contribution in [1.29, 1.82) is 0 Å². The van der Waals surface area contributed by atoms with Gasteiger partial charge in [0.15, 0.2) is 0 Å². The van der Waals surface area contributed by atoms with E-state index in [4.69, 9.17) is 11.6 Å². The Balaban J connectivity index is 2.09. The Morgan fingerprint density at radius 2 is 2.08 bits per heavy atom. The summed E-state index contributed by atoms with van der Waals surface area (Å²) in [4.78, 5) is 7.84. The molecule has 0 aliphatic heterocycles. The molecule has 6 nitrogen and oxygen atoms in total. The molecule has 0 bridgehead atoms. The smallest absolute Gasteiger partial charge is 0.244 e. The minimum absolute atomic E-state index is 0.168. The Kier molecular flexibility index (Phi) is 5.42. The van der Waals surface area contributed by atoms with Crippen molar-refractivity contribution in [2.24, 2.45) is 7.05 Å². The van der Waals surface area contributed by atoms with Gasteiger partial charge in [-0.05, 0) is 39.7 Å². The molecular weight excluding hydrogens is 447 g/mol. The van der Waals surface area contributed by atoms with Crippen LogP contribution in [-0.4, -0.2) is 23.0 Å². The molecule has 0 fully saturated rings. The fraction of sp³-hybridized carbons (Fsp3) is 0.125. The van der Waals surface area contributed by atoms with Gasteiger partial charge in [0.2, 0.25) is 10.0 Å². The van der Waals surface area contributed by atoms with Crippen molar-refractivity contribution >= 4 is 37.6 Å². The van der Waals surface area contributed by atoms with E-state index in [0.29, 0.717) is 15.9 Å². The third kappa shape index (κ3) is 3.96. The first kappa shape index (κ1) is 19.0. The van der Waals surface area contributed by atoms with E-state index >= 15 is 0 Å².